The molecule has 5 nitrogen and oxygen atoms in total. The zero-order valence-corrected chi connectivity index (χ0v) is 17.9. The normalized spacial score (nSPS) is 16.4. The summed E-state index contributed by atoms with van der Waals surface area (Å²) >= 11 is 13.2. The first kappa shape index (κ1) is 21.3. The van der Waals surface area contributed by atoms with E-state index in [1.54, 1.807) is 31.2 Å². The fourth-order valence-electron chi connectivity index (χ4n) is 3.14. The summed E-state index contributed by atoms with van der Waals surface area (Å²) in [6.45, 7) is 10.9. The van der Waals surface area contributed by atoms with E-state index in [1.165, 1.54) is 31.0 Å². The van der Waals surface area contributed by atoms with Crippen LogP contribution >= 0.6 is 35.0 Å². The van der Waals surface area contributed by atoms with Crippen molar-refractivity contribution in [2.24, 2.45) is 0 Å². The summed E-state index contributed by atoms with van der Waals surface area (Å²) in [6, 6.07) is 8.15. The zero-order chi connectivity index (χ0) is 21.1. The van der Waals surface area contributed by atoms with Crippen molar-refractivity contribution < 1.29 is 14.0 Å². The SMILES string of the molecule is [C-]#[N+]C1=C(SCC(=O)c2ccc(Cl)cc2Cl)NC(C)=C(C(C)=O)C1c1ccco1. The molecule has 0 radical (unpaired) electrons. The number of carbonyl (C=O) groups is 2. The monoisotopic (exact) mass is 446 g/mol. The van der Waals surface area contributed by atoms with Crippen molar-refractivity contribution in [2.45, 2.75) is 19.8 Å². The highest BCUT2D eigenvalue weighted by Gasteiger charge is 2.35. The second-order valence-electron chi connectivity index (χ2n) is 6.33. The van der Waals surface area contributed by atoms with Gasteiger partial charge in [-0.2, -0.15) is 0 Å². The first-order chi connectivity index (χ1) is 13.8. The molecule has 0 saturated carbocycles. The molecule has 0 saturated heterocycles. The van der Waals surface area contributed by atoms with Crippen LogP contribution in [0.1, 0.15) is 35.9 Å². The summed E-state index contributed by atoms with van der Waals surface area (Å²) in [4.78, 5) is 28.5. The van der Waals surface area contributed by atoms with Crippen molar-refractivity contribution >= 4 is 46.5 Å². The molecule has 0 aliphatic carbocycles. The molecule has 0 amide bonds. The second-order valence-corrected chi connectivity index (χ2v) is 8.16. The van der Waals surface area contributed by atoms with E-state index < -0.39 is 5.92 Å². The van der Waals surface area contributed by atoms with Crippen LogP contribution in [-0.2, 0) is 4.79 Å². The summed E-state index contributed by atoms with van der Waals surface area (Å²) < 4.78 is 5.51. The Morgan fingerprint density at radius 2 is 2.07 bits per heavy atom. The Labute approximate surface area is 182 Å². The van der Waals surface area contributed by atoms with Crippen LogP contribution in [0.15, 0.2) is 63.0 Å². The van der Waals surface area contributed by atoms with Gasteiger partial charge in [0.05, 0.1) is 34.6 Å². The molecular formula is C21H16Cl2N2O3S. The molecular weight excluding hydrogens is 431 g/mol. The number of nitrogens with zero attached hydrogens (tertiary/aromatic N) is 1. The van der Waals surface area contributed by atoms with Crippen LogP contribution in [0.4, 0.5) is 0 Å². The van der Waals surface area contributed by atoms with Crippen molar-refractivity contribution in [3.63, 3.8) is 0 Å². The maximum absolute atomic E-state index is 12.6. The van der Waals surface area contributed by atoms with Crippen molar-refractivity contribution in [1.82, 2.24) is 5.32 Å². The van der Waals surface area contributed by atoms with Gasteiger partial charge in [-0.25, -0.2) is 4.85 Å². The Morgan fingerprint density at radius 3 is 2.66 bits per heavy atom. The maximum Gasteiger partial charge on any atom is 0.209 e. The molecule has 8 heteroatoms. The van der Waals surface area contributed by atoms with E-state index in [9.17, 15) is 9.59 Å². The minimum Gasteiger partial charge on any atom is -0.470 e. The largest absolute Gasteiger partial charge is 0.470 e. The number of benzene rings is 1. The molecule has 3 rings (SSSR count). The van der Waals surface area contributed by atoms with E-state index in [0.29, 0.717) is 38.3 Å². The van der Waals surface area contributed by atoms with Crippen LogP contribution in [0.3, 0.4) is 0 Å². The summed E-state index contributed by atoms with van der Waals surface area (Å²) in [7, 11) is 0. The van der Waals surface area contributed by atoms with Crippen LogP contribution in [-0.4, -0.2) is 17.3 Å². The maximum atomic E-state index is 12.6. The van der Waals surface area contributed by atoms with Gasteiger partial charge >= 0.3 is 0 Å². The Bertz CT molecular complexity index is 1080. The van der Waals surface area contributed by atoms with Crippen LogP contribution in [0, 0.1) is 6.57 Å². The Balaban J connectivity index is 1.91. The third kappa shape index (κ3) is 4.43. The van der Waals surface area contributed by atoms with Gasteiger partial charge in [-0.05, 0) is 44.2 Å². The molecule has 2 heterocycles. The number of thioether (sulfide) groups is 1. The van der Waals surface area contributed by atoms with E-state index >= 15 is 0 Å². The van der Waals surface area contributed by atoms with Gasteiger partial charge in [-0.3, -0.25) is 9.59 Å². The highest BCUT2D eigenvalue weighted by molar-refractivity contribution is 8.03. The fraction of sp³-hybridized carbons (Fsp3) is 0.190. The van der Waals surface area contributed by atoms with Crippen LogP contribution in [0.25, 0.3) is 4.85 Å². The number of ketones is 2. The van der Waals surface area contributed by atoms with Crippen molar-refractivity contribution in [3.05, 3.63) is 91.4 Å². The molecule has 1 atom stereocenters. The molecule has 0 spiro atoms. The van der Waals surface area contributed by atoms with Gasteiger partial charge in [0.1, 0.15) is 5.76 Å². The smallest absolute Gasteiger partial charge is 0.209 e. The Morgan fingerprint density at radius 1 is 1.31 bits per heavy atom. The summed E-state index contributed by atoms with van der Waals surface area (Å²) in [5.74, 6) is -0.379. The standard InChI is InChI=1S/C21H16Cl2N2O3S/c1-11-18(12(2)26)19(17-5-4-8-28-17)20(24-3)21(25-11)29-10-16(27)14-7-6-13(22)9-15(14)23/h4-9,19,25H,10H2,1-2H3. The highest BCUT2D eigenvalue weighted by atomic mass is 35.5. The van der Waals surface area contributed by atoms with E-state index in [0.717, 1.165) is 0 Å². The van der Waals surface area contributed by atoms with E-state index in [4.69, 9.17) is 34.2 Å². The zero-order valence-electron chi connectivity index (χ0n) is 15.6. The predicted octanol–water partition coefficient (Wildman–Crippen LogP) is 5.84. The van der Waals surface area contributed by atoms with Gasteiger partial charge in [0.2, 0.25) is 5.70 Å². The average molecular weight is 447 g/mol. The molecule has 1 aliphatic heterocycles. The van der Waals surface area contributed by atoms with Crippen molar-refractivity contribution in [3.8, 4) is 0 Å². The third-order valence-corrected chi connectivity index (χ3v) is 5.96. The lowest BCUT2D eigenvalue weighted by Crippen LogP contribution is -2.26. The first-order valence-electron chi connectivity index (χ1n) is 8.58. The average Bonchev–Trinajstić information content (AvgIpc) is 3.19. The predicted molar refractivity (Wildman–Crippen MR) is 115 cm³/mol. The number of hydrogen-bond donors (Lipinski definition) is 1. The lowest BCUT2D eigenvalue weighted by molar-refractivity contribution is -0.113. The molecule has 0 bridgehead atoms. The van der Waals surface area contributed by atoms with Gasteiger partial charge in [-0.1, -0.05) is 23.2 Å². The number of Topliss-reactive ketones (excluding diaryl/α,β-unsaturated/α-hetero) is 2. The van der Waals surface area contributed by atoms with E-state index in [2.05, 4.69) is 10.2 Å². The number of carbonyl (C=O) groups excluding carboxylic acids is 2. The number of allylic oxidation sites excluding steroid dienone is 2. The molecule has 1 aromatic carbocycles. The van der Waals surface area contributed by atoms with E-state index in [-0.39, 0.29) is 22.3 Å². The molecule has 1 aromatic heterocycles. The van der Waals surface area contributed by atoms with Crippen molar-refractivity contribution in [1.29, 1.82) is 0 Å². The minimum atomic E-state index is -0.613. The highest BCUT2D eigenvalue weighted by Crippen LogP contribution is 2.42. The number of furan rings is 1. The molecule has 29 heavy (non-hydrogen) atoms. The summed E-state index contributed by atoms with van der Waals surface area (Å²) in [6.07, 6.45) is 1.50. The Hall–Kier alpha value is -2.46. The lowest BCUT2D eigenvalue weighted by atomic mass is 9.87. The summed E-state index contributed by atoms with van der Waals surface area (Å²) in [5.41, 5.74) is 1.78. The third-order valence-electron chi connectivity index (χ3n) is 4.41. The first-order valence-corrected chi connectivity index (χ1v) is 10.3. The molecule has 1 aliphatic rings. The topological polar surface area (TPSA) is 63.7 Å². The van der Waals surface area contributed by atoms with Crippen molar-refractivity contribution in [2.75, 3.05) is 5.75 Å². The fourth-order valence-corrected chi connectivity index (χ4v) is 4.62. The van der Waals surface area contributed by atoms with Gasteiger partial charge in [-0.15, -0.1) is 11.8 Å². The van der Waals surface area contributed by atoms with Gasteiger partial charge in [0.25, 0.3) is 0 Å². The van der Waals surface area contributed by atoms with Crippen LogP contribution in [0.2, 0.25) is 10.0 Å². The number of halogens is 2. The molecule has 0 fully saturated rings. The second kappa shape index (κ2) is 8.91. The minimum absolute atomic E-state index is 0.0657. The quantitative estimate of drug-likeness (QED) is 0.445. The number of rotatable bonds is 6. The van der Waals surface area contributed by atoms with Gasteiger partial charge in [0.15, 0.2) is 11.6 Å². The molecule has 148 valence electrons. The summed E-state index contributed by atoms with van der Waals surface area (Å²) in [5, 5.41) is 4.36. The molecule has 2 aromatic rings. The number of nitrogens with one attached hydrogen (secondary N) is 1. The van der Waals surface area contributed by atoms with E-state index in [1.807, 2.05) is 0 Å². The van der Waals surface area contributed by atoms with Crippen LogP contribution < -0.4 is 5.32 Å². The van der Waals surface area contributed by atoms with Gasteiger partial charge in [0, 0.05) is 21.9 Å². The molecule has 1 unspecified atom stereocenters. The van der Waals surface area contributed by atoms with Gasteiger partial charge < -0.3 is 9.73 Å². The Kier molecular flexibility index (Phi) is 6.53. The molecule has 1 N–H and O–H groups in total. The lowest BCUT2D eigenvalue weighted by Gasteiger charge is -2.27. The number of hydrogen-bond acceptors (Lipinski definition) is 5. The van der Waals surface area contributed by atoms with Crippen LogP contribution in [0.5, 0.6) is 0 Å². The number of dihydropyridines is 1.